The zero-order valence-electron chi connectivity index (χ0n) is 18.7. The van der Waals surface area contributed by atoms with Gasteiger partial charge in [-0.2, -0.15) is 0 Å². The molecule has 1 amide bonds. The minimum atomic E-state index is -0.364. The molecule has 0 unspecified atom stereocenters. The predicted octanol–water partition coefficient (Wildman–Crippen LogP) is 1.54. The van der Waals surface area contributed by atoms with Crippen molar-refractivity contribution in [1.82, 2.24) is 14.1 Å². The minimum Gasteiger partial charge on any atom is -0.497 e. The van der Waals surface area contributed by atoms with Gasteiger partial charge in [-0.15, -0.1) is 0 Å². The van der Waals surface area contributed by atoms with Crippen molar-refractivity contribution < 1.29 is 19.0 Å². The SMILES string of the molecule is COc1ccc(NC(=O)Cn2c(N3CCOCC3)nc3cc(C)n(C)c3c2=O)c(OC)c1. The molecule has 1 aromatic carbocycles. The van der Waals surface area contributed by atoms with Crippen LogP contribution in [-0.2, 0) is 23.1 Å². The van der Waals surface area contributed by atoms with Crippen LogP contribution in [-0.4, -0.2) is 60.5 Å². The smallest absolute Gasteiger partial charge is 0.279 e. The van der Waals surface area contributed by atoms with Gasteiger partial charge in [0.05, 0.1) is 38.6 Å². The van der Waals surface area contributed by atoms with E-state index >= 15 is 0 Å². The second kappa shape index (κ2) is 8.91. The summed E-state index contributed by atoms with van der Waals surface area (Å²) < 4.78 is 19.2. The number of carbonyl (C=O) groups is 1. The van der Waals surface area contributed by atoms with E-state index in [0.717, 1.165) is 5.69 Å². The molecule has 1 aliphatic heterocycles. The molecule has 3 heterocycles. The van der Waals surface area contributed by atoms with Crippen LogP contribution in [0.1, 0.15) is 5.69 Å². The fourth-order valence-corrected chi connectivity index (χ4v) is 3.82. The Kier molecular flexibility index (Phi) is 6.04. The Hall–Kier alpha value is -3.53. The van der Waals surface area contributed by atoms with Crippen LogP contribution in [0.25, 0.3) is 11.0 Å². The molecule has 0 atom stereocenters. The monoisotopic (exact) mass is 441 g/mol. The Morgan fingerprint density at radius 3 is 2.62 bits per heavy atom. The molecule has 0 bridgehead atoms. The van der Waals surface area contributed by atoms with Crippen molar-refractivity contribution in [2.75, 3.05) is 50.7 Å². The third-order valence-electron chi connectivity index (χ3n) is 5.64. The van der Waals surface area contributed by atoms with Crippen molar-refractivity contribution in [1.29, 1.82) is 0 Å². The summed E-state index contributed by atoms with van der Waals surface area (Å²) in [5.41, 5.74) is 2.23. The number of aromatic nitrogens is 3. The van der Waals surface area contributed by atoms with Crippen molar-refractivity contribution in [2.24, 2.45) is 7.05 Å². The van der Waals surface area contributed by atoms with E-state index in [1.807, 2.05) is 24.9 Å². The van der Waals surface area contributed by atoms with Gasteiger partial charge in [0.1, 0.15) is 23.6 Å². The molecule has 4 rings (SSSR count). The van der Waals surface area contributed by atoms with Crippen LogP contribution in [0.3, 0.4) is 0 Å². The summed E-state index contributed by atoms with van der Waals surface area (Å²) >= 11 is 0. The number of carbonyl (C=O) groups excluding carboxylic acids is 1. The number of amides is 1. The lowest BCUT2D eigenvalue weighted by atomic mass is 10.2. The summed E-state index contributed by atoms with van der Waals surface area (Å²) in [4.78, 5) is 33.2. The molecule has 1 fully saturated rings. The van der Waals surface area contributed by atoms with Crippen LogP contribution in [0.2, 0.25) is 0 Å². The van der Waals surface area contributed by atoms with Gasteiger partial charge in [0.25, 0.3) is 5.56 Å². The van der Waals surface area contributed by atoms with Crippen molar-refractivity contribution in [3.63, 3.8) is 0 Å². The maximum atomic E-state index is 13.4. The zero-order chi connectivity index (χ0) is 22.8. The second-order valence-electron chi connectivity index (χ2n) is 7.60. The molecule has 0 saturated carbocycles. The first-order valence-corrected chi connectivity index (χ1v) is 10.3. The Balaban J connectivity index is 1.71. The van der Waals surface area contributed by atoms with Crippen LogP contribution in [0, 0.1) is 6.92 Å². The standard InChI is InChI=1S/C22H27N5O5/c1-14-11-17-20(25(14)2)21(29)27(22(24-17)26-7-9-32-10-8-26)13-19(28)23-16-6-5-15(30-3)12-18(16)31-4/h5-6,11-12H,7-10,13H2,1-4H3,(H,23,28). The Morgan fingerprint density at radius 1 is 1.19 bits per heavy atom. The van der Waals surface area contributed by atoms with E-state index in [0.29, 0.717) is 60.5 Å². The fourth-order valence-electron chi connectivity index (χ4n) is 3.82. The van der Waals surface area contributed by atoms with E-state index < -0.39 is 0 Å². The van der Waals surface area contributed by atoms with Crippen LogP contribution in [0.4, 0.5) is 11.6 Å². The quantitative estimate of drug-likeness (QED) is 0.619. The number of nitrogens with zero attached hydrogens (tertiary/aromatic N) is 4. The Bertz CT molecular complexity index is 1210. The van der Waals surface area contributed by atoms with E-state index in [-0.39, 0.29) is 18.0 Å². The first-order chi connectivity index (χ1) is 15.4. The normalized spacial score (nSPS) is 13.9. The number of benzene rings is 1. The van der Waals surface area contributed by atoms with Crippen molar-refractivity contribution in [3.05, 3.63) is 40.3 Å². The van der Waals surface area contributed by atoms with E-state index in [1.165, 1.54) is 11.7 Å². The molecule has 32 heavy (non-hydrogen) atoms. The molecule has 3 aromatic rings. The van der Waals surface area contributed by atoms with E-state index in [1.54, 1.807) is 29.9 Å². The average Bonchev–Trinajstić information content (AvgIpc) is 3.09. The van der Waals surface area contributed by atoms with Crippen LogP contribution in [0.5, 0.6) is 11.5 Å². The molecular weight excluding hydrogens is 414 g/mol. The topological polar surface area (TPSA) is 99.9 Å². The van der Waals surface area contributed by atoms with Gasteiger partial charge in [0.15, 0.2) is 0 Å². The van der Waals surface area contributed by atoms with Gasteiger partial charge in [0.2, 0.25) is 11.9 Å². The highest BCUT2D eigenvalue weighted by Gasteiger charge is 2.23. The maximum absolute atomic E-state index is 13.4. The largest absolute Gasteiger partial charge is 0.497 e. The highest BCUT2D eigenvalue weighted by atomic mass is 16.5. The molecular formula is C22H27N5O5. The summed E-state index contributed by atoms with van der Waals surface area (Å²) in [5.74, 6) is 1.18. The molecule has 0 spiro atoms. The lowest BCUT2D eigenvalue weighted by Crippen LogP contribution is -2.42. The molecule has 10 heteroatoms. The maximum Gasteiger partial charge on any atom is 0.279 e. The van der Waals surface area contributed by atoms with Crippen molar-refractivity contribution in [2.45, 2.75) is 13.5 Å². The summed E-state index contributed by atoms with van der Waals surface area (Å²) in [6.07, 6.45) is 0. The van der Waals surface area contributed by atoms with Crippen LogP contribution in [0.15, 0.2) is 29.1 Å². The molecule has 2 aromatic heterocycles. The first-order valence-electron chi connectivity index (χ1n) is 10.3. The molecule has 0 aliphatic carbocycles. The number of anilines is 2. The second-order valence-corrected chi connectivity index (χ2v) is 7.60. The van der Waals surface area contributed by atoms with Gasteiger partial charge in [0, 0.05) is 31.9 Å². The van der Waals surface area contributed by atoms with Gasteiger partial charge in [-0.3, -0.25) is 14.2 Å². The summed E-state index contributed by atoms with van der Waals surface area (Å²) in [6, 6.07) is 6.99. The predicted molar refractivity (Wildman–Crippen MR) is 121 cm³/mol. The number of hydrogen-bond acceptors (Lipinski definition) is 7. The van der Waals surface area contributed by atoms with Gasteiger partial charge < -0.3 is 29.0 Å². The number of rotatable bonds is 6. The molecule has 170 valence electrons. The average molecular weight is 441 g/mol. The molecule has 1 N–H and O–H groups in total. The van der Waals surface area contributed by atoms with E-state index in [4.69, 9.17) is 19.2 Å². The number of hydrogen-bond donors (Lipinski definition) is 1. The Labute approximate surface area is 185 Å². The zero-order valence-corrected chi connectivity index (χ0v) is 18.7. The van der Waals surface area contributed by atoms with Crippen molar-refractivity contribution in [3.8, 4) is 11.5 Å². The minimum absolute atomic E-state index is 0.187. The van der Waals surface area contributed by atoms with E-state index in [9.17, 15) is 9.59 Å². The highest BCUT2D eigenvalue weighted by Crippen LogP contribution is 2.29. The van der Waals surface area contributed by atoms with Crippen LogP contribution >= 0.6 is 0 Å². The van der Waals surface area contributed by atoms with Crippen LogP contribution < -0.4 is 25.2 Å². The van der Waals surface area contributed by atoms with Gasteiger partial charge in [-0.25, -0.2) is 4.98 Å². The third kappa shape index (κ3) is 4.01. The fraction of sp³-hybridized carbons (Fsp3) is 0.409. The highest BCUT2D eigenvalue weighted by molar-refractivity contribution is 5.92. The molecule has 1 saturated heterocycles. The van der Waals surface area contributed by atoms with Crippen molar-refractivity contribution >= 4 is 28.6 Å². The number of morpholine rings is 1. The summed E-state index contributed by atoms with van der Waals surface area (Å²) in [7, 11) is 4.89. The first kappa shape index (κ1) is 21.7. The number of methoxy groups -OCH3 is 2. The molecule has 1 aliphatic rings. The Morgan fingerprint density at radius 2 is 1.94 bits per heavy atom. The molecule has 10 nitrogen and oxygen atoms in total. The lowest BCUT2D eigenvalue weighted by Gasteiger charge is -2.29. The third-order valence-corrected chi connectivity index (χ3v) is 5.64. The lowest BCUT2D eigenvalue weighted by molar-refractivity contribution is -0.116. The number of aryl methyl sites for hydroxylation is 2. The van der Waals surface area contributed by atoms with Gasteiger partial charge in [-0.1, -0.05) is 0 Å². The van der Waals surface area contributed by atoms with E-state index in [2.05, 4.69) is 5.32 Å². The summed E-state index contributed by atoms with van der Waals surface area (Å²) in [5, 5.41) is 2.83. The van der Waals surface area contributed by atoms with Gasteiger partial charge in [-0.05, 0) is 25.1 Å². The number of nitrogens with one attached hydrogen (secondary N) is 1. The number of ether oxygens (including phenoxy) is 3. The van der Waals surface area contributed by atoms with Gasteiger partial charge >= 0.3 is 0 Å². The summed E-state index contributed by atoms with van der Waals surface area (Å²) in [6.45, 7) is 4.00. The molecule has 0 radical (unpaired) electrons. The number of fused-ring (bicyclic) bond motifs is 1.